The second-order valence-corrected chi connectivity index (χ2v) is 8.78. The number of nitrogens with zero attached hydrogens (tertiary/aromatic N) is 4. The fraction of sp³-hybridized carbons (Fsp3) is 0.500. The molecule has 1 atom stereocenters. The molecule has 2 fully saturated rings. The molecule has 5 rings (SSSR count). The highest BCUT2D eigenvalue weighted by molar-refractivity contribution is 5.96. The van der Waals surface area contributed by atoms with Gasteiger partial charge in [-0.15, -0.1) is 0 Å². The van der Waals surface area contributed by atoms with Crippen LogP contribution in [0.5, 0.6) is 5.75 Å². The molecule has 2 aromatic rings. The van der Waals surface area contributed by atoms with E-state index in [-0.39, 0.29) is 36.3 Å². The number of amides is 2. The van der Waals surface area contributed by atoms with Gasteiger partial charge in [-0.3, -0.25) is 14.5 Å². The van der Waals surface area contributed by atoms with E-state index >= 15 is 0 Å². The third kappa shape index (κ3) is 3.94. The lowest BCUT2D eigenvalue weighted by atomic mass is 9.99. The van der Waals surface area contributed by atoms with Crippen LogP contribution in [0.3, 0.4) is 0 Å². The lowest BCUT2D eigenvalue weighted by Crippen LogP contribution is -2.43. The molecule has 1 aromatic heterocycles. The number of carbonyl (C=O) groups excluding carboxylic acids is 2. The van der Waals surface area contributed by atoms with Gasteiger partial charge in [-0.1, -0.05) is 12.1 Å². The van der Waals surface area contributed by atoms with Gasteiger partial charge in [0, 0.05) is 30.3 Å². The van der Waals surface area contributed by atoms with Gasteiger partial charge in [-0.25, -0.2) is 14.4 Å². The first-order chi connectivity index (χ1) is 15.5. The van der Waals surface area contributed by atoms with Gasteiger partial charge in [-0.2, -0.15) is 0 Å². The predicted octanol–water partition coefficient (Wildman–Crippen LogP) is 3.50. The first-order valence-electron chi connectivity index (χ1n) is 11.4. The number of likely N-dealkylation sites (tertiary alicyclic amines) is 1. The lowest BCUT2D eigenvalue weighted by molar-refractivity contribution is -0.137. The fourth-order valence-electron chi connectivity index (χ4n) is 4.71. The Kier molecular flexibility index (Phi) is 5.53. The zero-order chi connectivity index (χ0) is 22.2. The quantitative estimate of drug-likeness (QED) is 0.714. The highest BCUT2D eigenvalue weighted by atomic mass is 19.1. The highest BCUT2D eigenvalue weighted by Gasteiger charge is 2.40. The second-order valence-electron chi connectivity index (χ2n) is 8.78. The van der Waals surface area contributed by atoms with E-state index in [1.165, 1.54) is 12.1 Å². The zero-order valence-electron chi connectivity index (χ0n) is 18.2. The Balaban J connectivity index is 1.40. The van der Waals surface area contributed by atoms with Gasteiger partial charge in [0.1, 0.15) is 5.82 Å². The van der Waals surface area contributed by atoms with Crippen molar-refractivity contribution in [2.24, 2.45) is 0 Å². The van der Waals surface area contributed by atoms with Gasteiger partial charge in [0.2, 0.25) is 5.91 Å². The van der Waals surface area contributed by atoms with Gasteiger partial charge in [-0.05, 0) is 57.6 Å². The molecule has 7 nitrogen and oxygen atoms in total. The number of rotatable bonds is 5. The number of carbonyl (C=O) groups is 2. The zero-order valence-corrected chi connectivity index (χ0v) is 18.2. The number of hydrogen-bond donors (Lipinski definition) is 0. The molecule has 0 bridgehead atoms. The summed E-state index contributed by atoms with van der Waals surface area (Å²) in [6.07, 6.45) is 5.77. The average Bonchev–Trinajstić information content (AvgIpc) is 3.63. The fourth-order valence-corrected chi connectivity index (χ4v) is 4.71. The van der Waals surface area contributed by atoms with E-state index in [0.29, 0.717) is 25.2 Å². The number of para-hydroxylation sites is 1. The molecule has 0 spiro atoms. The van der Waals surface area contributed by atoms with E-state index < -0.39 is 5.82 Å². The van der Waals surface area contributed by atoms with Crippen molar-refractivity contribution in [3.05, 3.63) is 47.2 Å². The Morgan fingerprint density at radius 3 is 2.75 bits per heavy atom. The average molecular weight is 439 g/mol. The smallest absolute Gasteiger partial charge is 0.261 e. The monoisotopic (exact) mass is 438 g/mol. The molecule has 8 heteroatoms. The van der Waals surface area contributed by atoms with Crippen LogP contribution in [0, 0.1) is 12.7 Å². The van der Waals surface area contributed by atoms with Crippen LogP contribution in [0.2, 0.25) is 0 Å². The largest absolute Gasteiger partial charge is 0.481 e. The number of aromatic nitrogens is 2. The first-order valence-corrected chi connectivity index (χ1v) is 11.4. The third-order valence-corrected chi connectivity index (χ3v) is 6.52. The highest BCUT2D eigenvalue weighted by Crippen LogP contribution is 2.39. The molecular formula is C24H27FN4O3. The Bertz CT molecular complexity index is 1060. The van der Waals surface area contributed by atoms with Crippen molar-refractivity contribution in [2.75, 3.05) is 18.1 Å². The number of benzene rings is 1. The van der Waals surface area contributed by atoms with Crippen LogP contribution < -0.4 is 9.64 Å². The summed E-state index contributed by atoms with van der Waals surface area (Å²) in [5.74, 6) is 0.793. The number of aryl methyl sites for hydroxylation is 1. The van der Waals surface area contributed by atoms with Crippen molar-refractivity contribution in [1.29, 1.82) is 0 Å². The van der Waals surface area contributed by atoms with Crippen molar-refractivity contribution in [3.8, 4) is 5.75 Å². The van der Waals surface area contributed by atoms with Gasteiger partial charge < -0.3 is 9.64 Å². The third-order valence-electron chi connectivity index (χ3n) is 6.52. The Morgan fingerprint density at radius 2 is 1.97 bits per heavy atom. The van der Waals surface area contributed by atoms with Crippen LogP contribution in [0.15, 0.2) is 24.3 Å². The molecule has 2 amide bonds. The Labute approximate surface area is 186 Å². The van der Waals surface area contributed by atoms with Crippen LogP contribution in [-0.4, -0.2) is 45.9 Å². The minimum atomic E-state index is -0.492. The Morgan fingerprint density at radius 1 is 1.16 bits per heavy atom. The maximum Gasteiger partial charge on any atom is 0.261 e. The van der Waals surface area contributed by atoms with Crippen LogP contribution in [-0.2, 0) is 16.0 Å². The first kappa shape index (κ1) is 20.8. The van der Waals surface area contributed by atoms with Crippen molar-refractivity contribution < 1.29 is 18.7 Å². The van der Waals surface area contributed by atoms with Gasteiger partial charge in [0.05, 0.1) is 6.04 Å². The topological polar surface area (TPSA) is 75.6 Å². The molecule has 1 aromatic carbocycles. The van der Waals surface area contributed by atoms with E-state index in [2.05, 4.69) is 0 Å². The molecule has 0 radical (unpaired) electrons. The molecule has 2 aliphatic heterocycles. The molecule has 1 saturated carbocycles. The lowest BCUT2D eigenvalue weighted by Gasteiger charge is -2.36. The van der Waals surface area contributed by atoms with Crippen LogP contribution in [0.25, 0.3) is 0 Å². The summed E-state index contributed by atoms with van der Waals surface area (Å²) in [5.41, 5.74) is 1.92. The second kappa shape index (κ2) is 8.48. The summed E-state index contributed by atoms with van der Waals surface area (Å²) in [6, 6.07) is 6.03. The molecule has 0 unspecified atom stereocenters. The van der Waals surface area contributed by atoms with E-state index in [4.69, 9.17) is 14.7 Å². The normalized spacial score (nSPS) is 20.8. The number of hydrogen-bond acceptors (Lipinski definition) is 5. The summed E-state index contributed by atoms with van der Waals surface area (Å²) in [4.78, 5) is 38.9. The van der Waals surface area contributed by atoms with Crippen molar-refractivity contribution >= 4 is 17.6 Å². The van der Waals surface area contributed by atoms with Crippen LogP contribution in [0.1, 0.15) is 61.6 Å². The molecule has 1 aliphatic carbocycles. The van der Waals surface area contributed by atoms with Gasteiger partial charge >= 0.3 is 0 Å². The van der Waals surface area contributed by atoms with E-state index in [1.807, 2.05) is 11.8 Å². The number of ether oxygens (including phenoxy) is 1. The number of piperidine rings is 1. The minimum absolute atomic E-state index is 0.0638. The summed E-state index contributed by atoms with van der Waals surface area (Å²) < 4.78 is 19.3. The summed E-state index contributed by atoms with van der Waals surface area (Å²) in [7, 11) is 0. The maximum atomic E-state index is 13.9. The maximum absolute atomic E-state index is 13.9. The standard InChI is InChI=1S/C24H27FN4O3/c1-15-17-11-12-21(30)29(16-9-10-16)24(17)27-23(26-15)19-7-4-5-13-28(19)22(31)14-32-20-8-3-2-6-18(20)25/h2-3,6,8,16,19H,4-5,7,9-14H2,1H3/t19-/m1/s1. The van der Waals surface area contributed by atoms with E-state index in [0.717, 1.165) is 49.2 Å². The predicted molar refractivity (Wildman–Crippen MR) is 116 cm³/mol. The molecule has 0 N–H and O–H groups in total. The molecule has 1 saturated heterocycles. The number of anilines is 1. The summed E-state index contributed by atoms with van der Waals surface area (Å²) in [5, 5.41) is 0. The molecule has 168 valence electrons. The Hall–Kier alpha value is -3.03. The summed E-state index contributed by atoms with van der Waals surface area (Å²) in [6.45, 7) is 2.30. The molecular weight excluding hydrogens is 411 g/mol. The van der Waals surface area contributed by atoms with Crippen LogP contribution >= 0.6 is 0 Å². The van der Waals surface area contributed by atoms with Gasteiger partial charge in [0.25, 0.3) is 5.91 Å². The van der Waals surface area contributed by atoms with E-state index in [1.54, 1.807) is 17.0 Å². The number of fused-ring (bicyclic) bond motifs is 1. The van der Waals surface area contributed by atoms with E-state index in [9.17, 15) is 14.0 Å². The molecule has 3 heterocycles. The van der Waals surface area contributed by atoms with Crippen molar-refractivity contribution in [1.82, 2.24) is 14.9 Å². The van der Waals surface area contributed by atoms with Crippen molar-refractivity contribution in [2.45, 2.75) is 64.0 Å². The summed E-state index contributed by atoms with van der Waals surface area (Å²) >= 11 is 0. The molecule has 32 heavy (non-hydrogen) atoms. The SMILES string of the molecule is Cc1nc([C@H]2CCCCN2C(=O)COc2ccccc2F)nc2c1CCC(=O)N2C1CC1. The number of halogens is 1. The van der Waals surface area contributed by atoms with Crippen molar-refractivity contribution in [3.63, 3.8) is 0 Å². The van der Waals surface area contributed by atoms with Crippen LogP contribution in [0.4, 0.5) is 10.2 Å². The van der Waals surface area contributed by atoms with Gasteiger partial charge in [0.15, 0.2) is 24.0 Å². The molecule has 3 aliphatic rings. The minimum Gasteiger partial charge on any atom is -0.481 e.